The molecule has 1 amide bonds. The minimum Gasteiger partial charge on any atom is -0.466 e. The van der Waals surface area contributed by atoms with Gasteiger partial charge in [0, 0.05) is 11.0 Å². The Morgan fingerprint density at radius 3 is 2.62 bits per heavy atom. The zero-order valence-electron chi connectivity index (χ0n) is 13.3. The lowest BCUT2D eigenvalue weighted by Gasteiger charge is -2.16. The summed E-state index contributed by atoms with van der Waals surface area (Å²) in [5, 5.41) is 11.2. The number of aliphatic hydroxyl groups is 1. The maximum atomic E-state index is 14.3. The first-order valence-electron chi connectivity index (χ1n) is 7.15. The van der Waals surface area contributed by atoms with Gasteiger partial charge in [-0.2, -0.15) is 13.2 Å². The van der Waals surface area contributed by atoms with Gasteiger partial charge in [-0.05, 0) is 12.1 Å². The number of benzene rings is 1. The van der Waals surface area contributed by atoms with E-state index in [0.29, 0.717) is 0 Å². The summed E-state index contributed by atoms with van der Waals surface area (Å²) in [5.41, 5.74) is -2.75. The van der Waals surface area contributed by atoms with Crippen molar-refractivity contribution in [3.05, 3.63) is 39.3 Å². The largest absolute Gasteiger partial charge is 0.466 e. The minimum absolute atomic E-state index is 0.110. The number of methoxy groups -OCH3 is 1. The van der Waals surface area contributed by atoms with E-state index in [2.05, 4.69) is 26.0 Å². The SMILES string of the molecule is COC(=O)C1=C(Nc2ccc(Br)c(C(F)(F)F)c2F)C(=O)N(CCO)C1. The number of carbonyl (C=O) groups is 2. The van der Waals surface area contributed by atoms with Crippen LogP contribution in [0.4, 0.5) is 23.2 Å². The molecule has 0 saturated heterocycles. The molecule has 0 unspecified atom stereocenters. The normalized spacial score (nSPS) is 14.9. The Bertz CT molecular complexity index is 780. The number of rotatable bonds is 5. The van der Waals surface area contributed by atoms with E-state index in [9.17, 15) is 27.2 Å². The van der Waals surface area contributed by atoms with Gasteiger partial charge < -0.3 is 20.1 Å². The highest BCUT2D eigenvalue weighted by Gasteiger charge is 2.39. The fourth-order valence-electron chi connectivity index (χ4n) is 2.39. The third-order valence-corrected chi connectivity index (χ3v) is 4.25. The van der Waals surface area contributed by atoms with Crippen LogP contribution in [-0.4, -0.2) is 48.7 Å². The molecule has 0 spiro atoms. The molecule has 142 valence electrons. The standard InChI is InChI=1S/C15H13BrF4N2O4/c1-26-14(25)7-6-22(4-5-23)13(24)12(7)21-9-3-2-8(16)10(11(9)17)15(18,19)20/h2-3,21,23H,4-6H2,1H3. The number of alkyl halides is 3. The van der Waals surface area contributed by atoms with Crippen LogP contribution in [0.3, 0.4) is 0 Å². The number of anilines is 1. The van der Waals surface area contributed by atoms with E-state index >= 15 is 0 Å². The van der Waals surface area contributed by atoms with Gasteiger partial charge in [0.25, 0.3) is 5.91 Å². The van der Waals surface area contributed by atoms with Crippen molar-refractivity contribution >= 4 is 33.5 Å². The molecule has 11 heteroatoms. The maximum Gasteiger partial charge on any atom is 0.420 e. The van der Waals surface area contributed by atoms with Gasteiger partial charge in [-0.3, -0.25) is 4.79 Å². The van der Waals surface area contributed by atoms with E-state index in [1.54, 1.807) is 0 Å². The van der Waals surface area contributed by atoms with E-state index in [1.165, 1.54) is 0 Å². The molecular weight excluding hydrogens is 428 g/mol. The number of nitrogens with zero attached hydrogens (tertiary/aromatic N) is 1. The van der Waals surface area contributed by atoms with Crippen LogP contribution in [0.2, 0.25) is 0 Å². The second-order valence-corrected chi connectivity index (χ2v) is 6.06. The first-order valence-corrected chi connectivity index (χ1v) is 7.95. The van der Waals surface area contributed by atoms with Crippen molar-refractivity contribution in [1.82, 2.24) is 4.90 Å². The molecule has 0 fully saturated rings. The summed E-state index contributed by atoms with van der Waals surface area (Å²) in [6, 6.07) is 1.97. The van der Waals surface area contributed by atoms with Gasteiger partial charge in [0.2, 0.25) is 0 Å². The lowest BCUT2D eigenvalue weighted by Crippen LogP contribution is -2.31. The molecule has 2 N–H and O–H groups in total. The predicted molar refractivity (Wildman–Crippen MR) is 85.4 cm³/mol. The molecule has 0 aromatic heterocycles. The Hall–Kier alpha value is -2.14. The molecule has 1 heterocycles. The van der Waals surface area contributed by atoms with Crippen LogP contribution in [0.1, 0.15) is 5.56 Å². The fourth-order valence-corrected chi connectivity index (χ4v) is 2.92. The van der Waals surface area contributed by atoms with Gasteiger partial charge in [0.1, 0.15) is 11.3 Å². The Morgan fingerprint density at radius 1 is 1.42 bits per heavy atom. The van der Waals surface area contributed by atoms with Gasteiger partial charge in [0.15, 0.2) is 5.82 Å². The number of ether oxygens (including phenoxy) is 1. The first-order chi connectivity index (χ1) is 12.1. The fraction of sp³-hybridized carbons (Fsp3) is 0.333. The van der Waals surface area contributed by atoms with Crippen molar-refractivity contribution in [3.63, 3.8) is 0 Å². The summed E-state index contributed by atoms with van der Waals surface area (Å²) in [4.78, 5) is 25.2. The lowest BCUT2D eigenvalue weighted by molar-refractivity contribution is -0.140. The van der Waals surface area contributed by atoms with Crippen molar-refractivity contribution in [2.45, 2.75) is 6.18 Å². The molecule has 1 aromatic carbocycles. The van der Waals surface area contributed by atoms with E-state index < -0.39 is 51.9 Å². The third-order valence-electron chi connectivity index (χ3n) is 3.59. The second-order valence-electron chi connectivity index (χ2n) is 5.20. The van der Waals surface area contributed by atoms with Gasteiger partial charge in [0.05, 0.1) is 31.5 Å². The van der Waals surface area contributed by atoms with E-state index in [-0.39, 0.29) is 18.7 Å². The van der Waals surface area contributed by atoms with Crippen LogP contribution in [0.15, 0.2) is 27.9 Å². The highest BCUT2D eigenvalue weighted by atomic mass is 79.9. The summed E-state index contributed by atoms with van der Waals surface area (Å²) >= 11 is 2.64. The quantitative estimate of drug-likeness (QED) is 0.542. The number of esters is 1. The number of carbonyl (C=O) groups excluding carboxylic acids is 2. The first kappa shape index (κ1) is 20.2. The number of hydrogen-bond donors (Lipinski definition) is 2. The van der Waals surface area contributed by atoms with Crippen molar-refractivity contribution < 1.29 is 37.0 Å². The summed E-state index contributed by atoms with van der Waals surface area (Å²) in [7, 11) is 1.06. The topological polar surface area (TPSA) is 78.9 Å². The number of nitrogens with one attached hydrogen (secondary N) is 1. The number of amides is 1. The van der Waals surface area contributed by atoms with E-state index in [1.807, 2.05) is 0 Å². The highest BCUT2D eigenvalue weighted by molar-refractivity contribution is 9.10. The monoisotopic (exact) mass is 440 g/mol. The average molecular weight is 441 g/mol. The third kappa shape index (κ3) is 3.83. The molecular formula is C15H13BrF4N2O4. The summed E-state index contributed by atoms with van der Waals surface area (Å²) in [6.07, 6.45) is -4.97. The molecule has 0 saturated carbocycles. The molecule has 0 atom stereocenters. The molecule has 2 rings (SSSR count). The van der Waals surface area contributed by atoms with Gasteiger partial charge in [-0.15, -0.1) is 0 Å². The Labute approximate surface area is 153 Å². The van der Waals surface area contributed by atoms with Crippen molar-refractivity contribution in [3.8, 4) is 0 Å². The minimum atomic E-state index is -4.97. The molecule has 1 aliphatic heterocycles. The molecule has 26 heavy (non-hydrogen) atoms. The number of hydrogen-bond acceptors (Lipinski definition) is 5. The molecule has 0 radical (unpaired) electrons. The highest BCUT2D eigenvalue weighted by Crippen LogP contribution is 2.39. The average Bonchev–Trinajstić information content (AvgIpc) is 2.85. The zero-order chi connectivity index (χ0) is 19.6. The summed E-state index contributed by atoms with van der Waals surface area (Å²) in [6.45, 7) is -0.724. The Kier molecular flexibility index (Phi) is 5.91. The molecule has 1 aromatic rings. The number of aliphatic hydroxyl groups excluding tert-OH is 1. The van der Waals surface area contributed by atoms with E-state index in [4.69, 9.17) is 5.11 Å². The molecule has 6 nitrogen and oxygen atoms in total. The van der Waals surface area contributed by atoms with Gasteiger partial charge >= 0.3 is 12.1 Å². The lowest BCUT2D eigenvalue weighted by atomic mass is 10.1. The van der Waals surface area contributed by atoms with Crippen LogP contribution >= 0.6 is 15.9 Å². The summed E-state index contributed by atoms with van der Waals surface area (Å²) < 4.78 is 57.4. The maximum absolute atomic E-state index is 14.3. The zero-order valence-corrected chi connectivity index (χ0v) is 14.9. The Balaban J connectivity index is 2.48. The van der Waals surface area contributed by atoms with Gasteiger partial charge in [-0.1, -0.05) is 15.9 Å². The predicted octanol–water partition coefficient (Wildman–Crippen LogP) is 2.28. The van der Waals surface area contributed by atoms with Crippen molar-refractivity contribution in [2.24, 2.45) is 0 Å². The molecule has 0 aliphatic carbocycles. The number of β-amino-alcohol motifs (C(OH)–C–C–N with tert-alkyl or cyclic N) is 1. The van der Waals surface area contributed by atoms with Crippen LogP contribution in [0, 0.1) is 5.82 Å². The van der Waals surface area contributed by atoms with Crippen LogP contribution in [0.25, 0.3) is 0 Å². The van der Waals surface area contributed by atoms with Crippen LogP contribution in [0.5, 0.6) is 0 Å². The van der Waals surface area contributed by atoms with Crippen LogP contribution in [-0.2, 0) is 20.5 Å². The second kappa shape index (κ2) is 7.62. The Morgan fingerprint density at radius 2 is 2.08 bits per heavy atom. The van der Waals surface area contributed by atoms with E-state index in [0.717, 1.165) is 24.1 Å². The van der Waals surface area contributed by atoms with Gasteiger partial charge in [-0.25, -0.2) is 9.18 Å². The van der Waals surface area contributed by atoms with Crippen molar-refractivity contribution in [1.29, 1.82) is 0 Å². The molecule has 0 bridgehead atoms. The summed E-state index contributed by atoms with van der Waals surface area (Å²) in [5.74, 6) is -3.29. The van der Waals surface area contributed by atoms with Crippen LogP contribution < -0.4 is 5.32 Å². The number of halogens is 5. The van der Waals surface area contributed by atoms with Crippen molar-refractivity contribution in [2.75, 3.05) is 32.1 Å². The smallest absolute Gasteiger partial charge is 0.420 e. The molecule has 1 aliphatic rings.